The normalized spacial score (nSPS) is 11.1. The molecule has 4 nitrogen and oxygen atoms in total. The van der Waals surface area contributed by atoms with Crippen molar-refractivity contribution >= 4 is 27.6 Å². The van der Waals surface area contributed by atoms with Gasteiger partial charge in [0.05, 0.1) is 12.7 Å². The lowest BCUT2D eigenvalue weighted by molar-refractivity contribution is 0.0699. The number of aromatic amines is 1. The minimum Gasteiger partial charge on any atom is -0.496 e. The fourth-order valence-corrected chi connectivity index (χ4v) is 3.27. The van der Waals surface area contributed by atoms with Crippen molar-refractivity contribution in [1.82, 2.24) is 4.98 Å². The van der Waals surface area contributed by atoms with Gasteiger partial charge in [-0.25, -0.2) is 4.79 Å². The Morgan fingerprint density at radius 1 is 1.08 bits per heavy atom. The highest BCUT2D eigenvalue weighted by Crippen LogP contribution is 2.30. The van der Waals surface area contributed by atoms with Crippen molar-refractivity contribution < 1.29 is 14.6 Å². The monoisotopic (exact) mass is 331 g/mol. The van der Waals surface area contributed by atoms with Gasteiger partial charge in [-0.05, 0) is 28.0 Å². The minimum absolute atomic E-state index is 0.275. The van der Waals surface area contributed by atoms with E-state index >= 15 is 0 Å². The Labute approximate surface area is 144 Å². The maximum Gasteiger partial charge on any atom is 0.337 e. The average molecular weight is 331 g/mol. The minimum atomic E-state index is -0.937. The van der Waals surface area contributed by atoms with Crippen LogP contribution < -0.4 is 4.74 Å². The van der Waals surface area contributed by atoms with Gasteiger partial charge in [0.15, 0.2) is 0 Å². The Hall–Kier alpha value is -3.27. The van der Waals surface area contributed by atoms with Crippen LogP contribution in [0.5, 0.6) is 5.75 Å². The number of fused-ring (bicyclic) bond motifs is 2. The van der Waals surface area contributed by atoms with E-state index in [-0.39, 0.29) is 5.56 Å². The van der Waals surface area contributed by atoms with Crippen LogP contribution in [0.15, 0.2) is 60.8 Å². The number of aromatic nitrogens is 1. The maximum absolute atomic E-state index is 11.4. The third-order valence-electron chi connectivity index (χ3n) is 4.52. The molecule has 4 aromatic rings. The van der Waals surface area contributed by atoms with Crippen molar-refractivity contribution in [1.29, 1.82) is 0 Å². The molecule has 0 aliphatic heterocycles. The lowest BCUT2D eigenvalue weighted by atomic mass is 9.99. The molecule has 25 heavy (non-hydrogen) atoms. The Bertz CT molecular complexity index is 1090. The molecule has 0 aliphatic carbocycles. The fourth-order valence-electron chi connectivity index (χ4n) is 3.27. The second-order valence-electron chi connectivity index (χ2n) is 6.08. The lowest BCUT2D eigenvalue weighted by Crippen LogP contribution is -1.97. The molecule has 0 fully saturated rings. The predicted molar refractivity (Wildman–Crippen MR) is 98.6 cm³/mol. The van der Waals surface area contributed by atoms with Crippen LogP contribution in [0, 0.1) is 0 Å². The lowest BCUT2D eigenvalue weighted by Gasteiger charge is -2.10. The molecule has 0 atom stereocenters. The molecule has 0 unspecified atom stereocenters. The SMILES string of the molecule is COc1cc2[nH]cc(C(=O)O)c2cc1Cc1ccc2ccccc2c1. The summed E-state index contributed by atoms with van der Waals surface area (Å²) in [5.74, 6) is -0.187. The van der Waals surface area contributed by atoms with Crippen LogP contribution in [0.3, 0.4) is 0 Å². The molecule has 4 heteroatoms. The van der Waals surface area contributed by atoms with Gasteiger partial charge in [-0.1, -0.05) is 42.5 Å². The highest BCUT2D eigenvalue weighted by Gasteiger charge is 2.14. The van der Waals surface area contributed by atoms with E-state index in [0.717, 1.165) is 22.4 Å². The van der Waals surface area contributed by atoms with E-state index in [1.165, 1.54) is 17.0 Å². The number of carboxylic acid groups (broad SMARTS) is 1. The van der Waals surface area contributed by atoms with E-state index in [1.54, 1.807) is 7.11 Å². The molecule has 0 amide bonds. The first kappa shape index (κ1) is 15.3. The first-order valence-corrected chi connectivity index (χ1v) is 8.04. The summed E-state index contributed by atoms with van der Waals surface area (Å²) in [6, 6.07) is 18.4. The van der Waals surface area contributed by atoms with Gasteiger partial charge in [-0.15, -0.1) is 0 Å². The van der Waals surface area contributed by atoms with E-state index < -0.39 is 5.97 Å². The molecule has 2 N–H and O–H groups in total. The van der Waals surface area contributed by atoms with Gasteiger partial charge >= 0.3 is 5.97 Å². The maximum atomic E-state index is 11.4. The zero-order chi connectivity index (χ0) is 17.4. The average Bonchev–Trinajstić information content (AvgIpc) is 3.04. The van der Waals surface area contributed by atoms with Crippen molar-refractivity contribution in [3.05, 3.63) is 77.5 Å². The Balaban J connectivity index is 1.80. The molecule has 0 spiro atoms. The number of carbonyl (C=O) groups is 1. The number of hydrogen-bond acceptors (Lipinski definition) is 2. The van der Waals surface area contributed by atoms with E-state index in [0.29, 0.717) is 11.8 Å². The first-order valence-electron chi connectivity index (χ1n) is 8.04. The van der Waals surface area contributed by atoms with Crippen LogP contribution in [-0.2, 0) is 6.42 Å². The fraction of sp³-hybridized carbons (Fsp3) is 0.0952. The number of benzene rings is 3. The molecule has 124 valence electrons. The number of hydrogen-bond donors (Lipinski definition) is 2. The predicted octanol–water partition coefficient (Wildman–Crippen LogP) is 4.62. The number of aromatic carboxylic acids is 1. The standard InChI is InChI=1S/C21H17NO3/c1-25-20-11-19-17(18(12-22-19)21(23)24)10-16(20)9-13-6-7-14-4-2-3-5-15(14)8-13/h2-8,10-12,22H,9H2,1H3,(H,23,24). The van der Waals surface area contributed by atoms with Crippen LogP contribution >= 0.6 is 0 Å². The quantitative estimate of drug-likeness (QED) is 0.573. The summed E-state index contributed by atoms with van der Waals surface area (Å²) in [7, 11) is 1.63. The molecule has 0 radical (unpaired) electrons. The molecule has 4 rings (SSSR count). The van der Waals surface area contributed by atoms with Gasteiger partial charge < -0.3 is 14.8 Å². The molecule has 0 saturated carbocycles. The van der Waals surface area contributed by atoms with Gasteiger partial charge in [-0.3, -0.25) is 0 Å². The van der Waals surface area contributed by atoms with Crippen molar-refractivity contribution in [3.8, 4) is 5.75 Å². The Kier molecular flexibility index (Phi) is 3.65. The topological polar surface area (TPSA) is 62.3 Å². The molecular weight excluding hydrogens is 314 g/mol. The van der Waals surface area contributed by atoms with Crippen molar-refractivity contribution in [3.63, 3.8) is 0 Å². The zero-order valence-electron chi connectivity index (χ0n) is 13.7. The van der Waals surface area contributed by atoms with E-state index in [4.69, 9.17) is 4.74 Å². The number of H-pyrrole nitrogens is 1. The van der Waals surface area contributed by atoms with Crippen LogP contribution in [0.4, 0.5) is 0 Å². The zero-order valence-corrected chi connectivity index (χ0v) is 13.7. The molecule has 1 aromatic heterocycles. The van der Waals surface area contributed by atoms with Gasteiger partial charge in [0.1, 0.15) is 5.75 Å². The molecule has 3 aromatic carbocycles. The molecule has 1 heterocycles. The van der Waals surface area contributed by atoms with Gasteiger partial charge in [-0.2, -0.15) is 0 Å². The molecule has 0 aliphatic rings. The van der Waals surface area contributed by atoms with E-state index in [2.05, 4.69) is 35.3 Å². The van der Waals surface area contributed by atoms with E-state index in [9.17, 15) is 9.90 Å². The second kappa shape index (κ2) is 5.98. The highest BCUT2D eigenvalue weighted by atomic mass is 16.5. The summed E-state index contributed by atoms with van der Waals surface area (Å²) in [5.41, 5.74) is 3.16. The Morgan fingerprint density at radius 2 is 1.88 bits per heavy atom. The summed E-state index contributed by atoms with van der Waals surface area (Å²) >= 11 is 0. The number of rotatable bonds is 4. The van der Waals surface area contributed by atoms with E-state index in [1.807, 2.05) is 24.3 Å². The third-order valence-corrected chi connectivity index (χ3v) is 4.52. The van der Waals surface area contributed by atoms with Gasteiger partial charge in [0.25, 0.3) is 0 Å². The summed E-state index contributed by atoms with van der Waals surface area (Å²) in [6.45, 7) is 0. The van der Waals surface area contributed by atoms with Crippen LogP contribution in [0.25, 0.3) is 21.7 Å². The van der Waals surface area contributed by atoms with Crippen LogP contribution in [0.1, 0.15) is 21.5 Å². The van der Waals surface area contributed by atoms with Crippen molar-refractivity contribution in [2.24, 2.45) is 0 Å². The molecular formula is C21H17NO3. The Morgan fingerprint density at radius 3 is 2.64 bits per heavy atom. The van der Waals surface area contributed by atoms with Crippen molar-refractivity contribution in [2.75, 3.05) is 7.11 Å². The first-order chi connectivity index (χ1) is 12.2. The third kappa shape index (κ3) is 2.72. The summed E-state index contributed by atoms with van der Waals surface area (Å²) in [5, 5.41) is 12.4. The number of carboxylic acids is 1. The summed E-state index contributed by atoms with van der Waals surface area (Å²) in [4.78, 5) is 14.4. The number of nitrogens with one attached hydrogen (secondary N) is 1. The number of ether oxygens (including phenoxy) is 1. The van der Waals surface area contributed by atoms with Crippen LogP contribution in [0.2, 0.25) is 0 Å². The second-order valence-corrected chi connectivity index (χ2v) is 6.08. The summed E-state index contributed by atoms with van der Waals surface area (Å²) < 4.78 is 5.52. The van der Waals surface area contributed by atoms with Gasteiger partial charge in [0, 0.05) is 29.6 Å². The molecule has 0 saturated heterocycles. The largest absolute Gasteiger partial charge is 0.496 e. The smallest absolute Gasteiger partial charge is 0.337 e. The number of methoxy groups -OCH3 is 1. The highest BCUT2D eigenvalue weighted by molar-refractivity contribution is 6.03. The molecule has 0 bridgehead atoms. The van der Waals surface area contributed by atoms with Crippen LogP contribution in [-0.4, -0.2) is 23.2 Å². The van der Waals surface area contributed by atoms with Crippen molar-refractivity contribution in [2.45, 2.75) is 6.42 Å². The van der Waals surface area contributed by atoms with Gasteiger partial charge in [0.2, 0.25) is 0 Å². The summed E-state index contributed by atoms with van der Waals surface area (Å²) in [6.07, 6.45) is 2.19.